The Morgan fingerprint density at radius 2 is 2.11 bits per heavy atom. The number of thiazole rings is 1. The molecule has 0 amide bonds. The smallest absolute Gasteiger partial charge is 0.0935 e. The third-order valence-electron chi connectivity index (χ3n) is 6.57. The van der Waals surface area contributed by atoms with Crippen LogP contribution in [0.5, 0.6) is 0 Å². The van der Waals surface area contributed by atoms with Gasteiger partial charge in [0.25, 0.3) is 0 Å². The van der Waals surface area contributed by atoms with Gasteiger partial charge in [-0.2, -0.15) is 0 Å². The summed E-state index contributed by atoms with van der Waals surface area (Å²) in [6.45, 7) is 13.5. The lowest BCUT2D eigenvalue weighted by atomic mass is 9.81. The zero-order chi connectivity index (χ0) is 19.9. The number of allylic oxidation sites excluding steroid dienone is 2. The minimum absolute atomic E-state index is 0.675. The maximum absolute atomic E-state index is 4.95. The van der Waals surface area contributed by atoms with Gasteiger partial charge in [-0.15, -0.1) is 11.3 Å². The highest BCUT2D eigenvalue weighted by molar-refractivity contribution is 7.11. The fourth-order valence-corrected chi connectivity index (χ4v) is 5.77. The second kappa shape index (κ2) is 10.4. The number of fused-ring (bicyclic) bond motifs is 1. The summed E-state index contributed by atoms with van der Waals surface area (Å²) in [7, 11) is 0. The van der Waals surface area contributed by atoms with E-state index in [0.29, 0.717) is 17.8 Å². The molecule has 2 unspecified atom stereocenters. The third kappa shape index (κ3) is 6.07. The average molecular weight is 399 g/mol. The van der Waals surface area contributed by atoms with Crippen LogP contribution in [0.25, 0.3) is 6.08 Å². The molecule has 3 heteroatoms. The van der Waals surface area contributed by atoms with Gasteiger partial charge in [-0.05, 0) is 61.5 Å². The Hall–Kier alpha value is -1.35. The topological polar surface area (TPSA) is 24.9 Å². The van der Waals surface area contributed by atoms with Gasteiger partial charge in [-0.3, -0.25) is 0 Å². The van der Waals surface area contributed by atoms with Crippen LogP contribution in [0.3, 0.4) is 0 Å². The summed E-state index contributed by atoms with van der Waals surface area (Å²) >= 11 is 1.96. The summed E-state index contributed by atoms with van der Waals surface area (Å²) in [6.07, 6.45) is 18.4. The van der Waals surface area contributed by atoms with Gasteiger partial charge < -0.3 is 5.32 Å². The van der Waals surface area contributed by atoms with Gasteiger partial charge >= 0.3 is 0 Å². The van der Waals surface area contributed by atoms with Crippen LogP contribution in [0.1, 0.15) is 74.4 Å². The lowest BCUT2D eigenvalue weighted by Crippen LogP contribution is -2.24. The van der Waals surface area contributed by atoms with Crippen LogP contribution in [0, 0.1) is 23.7 Å². The molecule has 2 aliphatic carbocycles. The zero-order valence-electron chi connectivity index (χ0n) is 17.9. The predicted octanol–water partition coefficient (Wildman–Crippen LogP) is 6.79. The second-order valence-electron chi connectivity index (χ2n) is 9.14. The maximum Gasteiger partial charge on any atom is 0.0935 e. The fourth-order valence-electron chi connectivity index (χ4n) is 4.62. The molecule has 3 rings (SSSR count). The molecular weight excluding hydrogens is 360 g/mol. The largest absolute Gasteiger partial charge is 0.385 e. The number of hydrogen-bond donors (Lipinski definition) is 1. The van der Waals surface area contributed by atoms with Gasteiger partial charge in [-0.25, -0.2) is 4.98 Å². The van der Waals surface area contributed by atoms with Crippen molar-refractivity contribution in [1.29, 1.82) is 0 Å². The number of hydrogen-bond acceptors (Lipinski definition) is 3. The number of nitrogens with one attached hydrogen (secondary N) is 1. The summed E-state index contributed by atoms with van der Waals surface area (Å²) in [5, 5.41) is 4.81. The molecule has 2 aliphatic rings. The van der Waals surface area contributed by atoms with Crippen molar-refractivity contribution in [1.82, 2.24) is 10.3 Å². The Bertz CT molecular complexity index is 679. The van der Waals surface area contributed by atoms with Gasteiger partial charge in [0.15, 0.2) is 0 Å². The van der Waals surface area contributed by atoms with Crippen molar-refractivity contribution in [3.63, 3.8) is 0 Å². The Labute approximate surface area is 176 Å². The van der Waals surface area contributed by atoms with Crippen molar-refractivity contribution in [2.45, 2.75) is 71.6 Å². The summed E-state index contributed by atoms with van der Waals surface area (Å²) in [6, 6.07) is 0. The van der Waals surface area contributed by atoms with Gasteiger partial charge in [0.05, 0.1) is 10.7 Å². The third-order valence-corrected chi connectivity index (χ3v) is 7.73. The van der Waals surface area contributed by atoms with Crippen molar-refractivity contribution in [2.24, 2.45) is 23.7 Å². The molecule has 154 valence electrons. The molecule has 2 atom stereocenters. The molecule has 1 aromatic heterocycles. The summed E-state index contributed by atoms with van der Waals surface area (Å²) in [4.78, 5) is 6.45. The molecule has 0 radical (unpaired) electrons. The molecule has 0 aromatic carbocycles. The van der Waals surface area contributed by atoms with Gasteiger partial charge in [0, 0.05) is 17.1 Å². The first-order chi connectivity index (χ1) is 13.5. The van der Waals surface area contributed by atoms with Crippen LogP contribution in [-0.2, 0) is 12.8 Å². The molecule has 1 fully saturated rings. The fraction of sp³-hybridized carbons (Fsp3) is 0.640. The van der Waals surface area contributed by atoms with Crippen LogP contribution in [-0.4, -0.2) is 11.5 Å². The molecule has 1 saturated carbocycles. The first-order valence-electron chi connectivity index (χ1n) is 11.3. The van der Waals surface area contributed by atoms with E-state index in [4.69, 9.17) is 4.98 Å². The molecule has 1 N–H and O–H groups in total. The highest BCUT2D eigenvalue weighted by atomic mass is 32.1. The molecule has 1 heterocycles. The first kappa shape index (κ1) is 21.4. The van der Waals surface area contributed by atoms with E-state index in [2.05, 4.69) is 44.5 Å². The lowest BCUT2D eigenvalue weighted by Gasteiger charge is -2.27. The molecular formula is C25H38N2S. The average Bonchev–Trinajstić information content (AvgIpc) is 3.12. The quantitative estimate of drug-likeness (QED) is 0.439. The van der Waals surface area contributed by atoms with Gasteiger partial charge in [-0.1, -0.05) is 65.2 Å². The van der Waals surface area contributed by atoms with E-state index in [0.717, 1.165) is 24.6 Å². The van der Waals surface area contributed by atoms with Crippen LogP contribution in [0.15, 0.2) is 31.0 Å². The Morgan fingerprint density at radius 1 is 1.32 bits per heavy atom. The van der Waals surface area contributed by atoms with E-state index >= 15 is 0 Å². The van der Waals surface area contributed by atoms with Crippen molar-refractivity contribution in [3.8, 4) is 0 Å². The summed E-state index contributed by atoms with van der Waals surface area (Å²) in [5.74, 6) is 2.99. The number of aryl methyl sites for hydroxylation is 1. The molecule has 0 bridgehead atoms. The highest BCUT2D eigenvalue weighted by Gasteiger charge is 2.22. The number of rotatable bonds is 10. The SMILES string of the molecule is C=CC(=C)NCC(CCc1nc2c(s1)CC(C(C)C)C=C2)CC1CCCCC1. The van der Waals surface area contributed by atoms with E-state index in [1.54, 1.807) is 0 Å². The van der Waals surface area contributed by atoms with Crippen molar-refractivity contribution in [3.05, 3.63) is 46.6 Å². The molecule has 1 aromatic rings. The highest BCUT2D eigenvalue weighted by Crippen LogP contribution is 2.33. The van der Waals surface area contributed by atoms with Gasteiger partial charge in [0.1, 0.15) is 0 Å². The molecule has 2 nitrogen and oxygen atoms in total. The van der Waals surface area contributed by atoms with Crippen LogP contribution in [0.2, 0.25) is 0 Å². The van der Waals surface area contributed by atoms with Crippen LogP contribution >= 0.6 is 11.3 Å². The maximum atomic E-state index is 4.95. The molecule has 0 aliphatic heterocycles. The lowest BCUT2D eigenvalue weighted by molar-refractivity contribution is 0.276. The van der Waals surface area contributed by atoms with Crippen molar-refractivity contribution in [2.75, 3.05) is 6.54 Å². The van der Waals surface area contributed by atoms with E-state index < -0.39 is 0 Å². The monoisotopic (exact) mass is 398 g/mol. The van der Waals surface area contributed by atoms with Crippen molar-refractivity contribution >= 4 is 17.4 Å². The van der Waals surface area contributed by atoms with E-state index in [1.807, 2.05) is 17.4 Å². The Morgan fingerprint density at radius 3 is 2.82 bits per heavy atom. The number of aromatic nitrogens is 1. The van der Waals surface area contributed by atoms with Crippen LogP contribution in [0.4, 0.5) is 0 Å². The van der Waals surface area contributed by atoms with Crippen molar-refractivity contribution < 1.29 is 0 Å². The van der Waals surface area contributed by atoms with E-state index in [1.165, 1.54) is 66.9 Å². The zero-order valence-corrected chi connectivity index (χ0v) is 18.7. The predicted molar refractivity (Wildman–Crippen MR) is 124 cm³/mol. The Balaban J connectivity index is 1.57. The molecule has 28 heavy (non-hydrogen) atoms. The minimum Gasteiger partial charge on any atom is -0.385 e. The van der Waals surface area contributed by atoms with E-state index in [9.17, 15) is 0 Å². The van der Waals surface area contributed by atoms with Gasteiger partial charge in [0.2, 0.25) is 0 Å². The minimum atomic E-state index is 0.675. The second-order valence-corrected chi connectivity index (χ2v) is 10.3. The summed E-state index contributed by atoms with van der Waals surface area (Å²) in [5.41, 5.74) is 2.18. The Kier molecular flexibility index (Phi) is 7.96. The van der Waals surface area contributed by atoms with E-state index in [-0.39, 0.29) is 0 Å². The number of nitrogens with zero attached hydrogens (tertiary/aromatic N) is 1. The standard InChI is InChI=1S/C25H38N2S/c1-5-19(4)26-17-21(15-20-9-7-6-8-10-20)11-14-25-27-23-13-12-22(18(2)3)16-24(23)28-25/h5,12-13,18,20-22,26H,1,4,6-11,14-17H2,2-3H3. The first-order valence-corrected chi connectivity index (χ1v) is 12.1. The van der Waals surface area contributed by atoms with Crippen LogP contribution < -0.4 is 5.32 Å². The molecule has 0 spiro atoms. The molecule has 0 saturated heterocycles. The normalized spacial score (nSPS) is 20.8. The summed E-state index contributed by atoms with van der Waals surface area (Å²) < 4.78 is 0.